The summed E-state index contributed by atoms with van der Waals surface area (Å²) in [5.74, 6) is 0.407. The summed E-state index contributed by atoms with van der Waals surface area (Å²) in [4.78, 5) is 21.5. The first-order valence-electron chi connectivity index (χ1n) is 7.39. The van der Waals surface area contributed by atoms with Gasteiger partial charge in [-0.2, -0.15) is 0 Å². The zero-order chi connectivity index (χ0) is 15.5. The molecular formula is C17H18N4O. The number of imidazole rings is 1. The number of amides is 1. The smallest absolute Gasteiger partial charge is 0.275 e. The molecule has 0 saturated carbocycles. The Morgan fingerprint density at radius 2 is 2.14 bits per heavy atom. The first-order chi connectivity index (χ1) is 10.7. The minimum Gasteiger partial charge on any atom is -0.305 e. The average Bonchev–Trinajstić information content (AvgIpc) is 2.88. The molecule has 3 aromatic heterocycles. The predicted molar refractivity (Wildman–Crippen MR) is 86.1 cm³/mol. The third kappa shape index (κ3) is 2.57. The van der Waals surface area contributed by atoms with Gasteiger partial charge in [0, 0.05) is 12.4 Å². The van der Waals surface area contributed by atoms with Gasteiger partial charge < -0.3 is 5.32 Å². The Balaban J connectivity index is 2.03. The van der Waals surface area contributed by atoms with Crippen molar-refractivity contribution in [2.45, 2.75) is 26.7 Å². The van der Waals surface area contributed by atoms with Gasteiger partial charge in [0.25, 0.3) is 5.91 Å². The third-order valence-electron chi connectivity index (χ3n) is 3.55. The van der Waals surface area contributed by atoms with Crippen molar-refractivity contribution in [1.29, 1.82) is 0 Å². The molecule has 0 unspecified atom stereocenters. The number of carbonyl (C=O) groups excluding carboxylic acids is 1. The van der Waals surface area contributed by atoms with Crippen LogP contribution in [-0.2, 0) is 6.42 Å². The van der Waals surface area contributed by atoms with Gasteiger partial charge in [0.05, 0.1) is 5.69 Å². The largest absolute Gasteiger partial charge is 0.305 e. The standard InChI is InChI=1S/C17H18N4O/c1-3-7-13-15(21-11-5-4-9-14(21)19-13)17(22)20-16-12(2)8-6-10-18-16/h4-6,8-11H,3,7H2,1-2H3,(H,18,20,22). The highest BCUT2D eigenvalue weighted by Gasteiger charge is 2.19. The van der Waals surface area contributed by atoms with Crippen LogP contribution in [0.5, 0.6) is 0 Å². The molecule has 0 fully saturated rings. The Hall–Kier alpha value is -2.69. The van der Waals surface area contributed by atoms with E-state index in [2.05, 4.69) is 22.2 Å². The van der Waals surface area contributed by atoms with E-state index < -0.39 is 0 Å². The molecule has 3 rings (SSSR count). The zero-order valence-electron chi connectivity index (χ0n) is 12.7. The fourth-order valence-corrected chi connectivity index (χ4v) is 2.48. The minimum absolute atomic E-state index is 0.177. The molecule has 0 aliphatic rings. The highest BCUT2D eigenvalue weighted by Crippen LogP contribution is 2.17. The topological polar surface area (TPSA) is 59.3 Å². The molecule has 0 aromatic carbocycles. The lowest BCUT2D eigenvalue weighted by molar-refractivity contribution is 0.102. The number of carbonyl (C=O) groups is 1. The second-order valence-corrected chi connectivity index (χ2v) is 5.21. The van der Waals surface area contributed by atoms with Crippen LogP contribution in [0.2, 0.25) is 0 Å². The Kier molecular flexibility index (Phi) is 3.87. The molecule has 3 heterocycles. The van der Waals surface area contributed by atoms with Crippen LogP contribution >= 0.6 is 0 Å². The summed E-state index contributed by atoms with van der Waals surface area (Å²) in [5.41, 5.74) is 3.12. The summed E-state index contributed by atoms with van der Waals surface area (Å²) in [6, 6.07) is 9.49. The molecule has 112 valence electrons. The van der Waals surface area contributed by atoms with Crippen molar-refractivity contribution >= 4 is 17.4 Å². The normalized spacial score (nSPS) is 10.8. The number of aryl methyl sites for hydroxylation is 2. The van der Waals surface area contributed by atoms with Crippen LogP contribution in [0.25, 0.3) is 5.65 Å². The van der Waals surface area contributed by atoms with Crippen LogP contribution in [-0.4, -0.2) is 20.3 Å². The van der Waals surface area contributed by atoms with Gasteiger partial charge in [-0.15, -0.1) is 0 Å². The Labute approximate surface area is 129 Å². The Morgan fingerprint density at radius 3 is 2.91 bits per heavy atom. The van der Waals surface area contributed by atoms with Gasteiger partial charge in [-0.3, -0.25) is 9.20 Å². The SMILES string of the molecule is CCCc1nc2ccccn2c1C(=O)Nc1ncccc1C. The van der Waals surface area contributed by atoms with E-state index in [0.29, 0.717) is 11.5 Å². The number of hydrogen-bond acceptors (Lipinski definition) is 3. The molecule has 0 aliphatic carbocycles. The van der Waals surface area contributed by atoms with Gasteiger partial charge in [-0.05, 0) is 37.1 Å². The molecule has 5 nitrogen and oxygen atoms in total. The number of aromatic nitrogens is 3. The maximum Gasteiger partial charge on any atom is 0.275 e. The molecule has 5 heteroatoms. The highest BCUT2D eigenvalue weighted by atomic mass is 16.2. The monoisotopic (exact) mass is 294 g/mol. The first-order valence-corrected chi connectivity index (χ1v) is 7.39. The van der Waals surface area contributed by atoms with E-state index in [-0.39, 0.29) is 5.91 Å². The van der Waals surface area contributed by atoms with Crippen LogP contribution in [0.15, 0.2) is 42.7 Å². The van der Waals surface area contributed by atoms with E-state index in [0.717, 1.165) is 29.7 Å². The fourth-order valence-electron chi connectivity index (χ4n) is 2.48. The summed E-state index contributed by atoms with van der Waals surface area (Å²) >= 11 is 0. The van der Waals surface area contributed by atoms with Crippen LogP contribution in [0.3, 0.4) is 0 Å². The van der Waals surface area contributed by atoms with Crippen molar-refractivity contribution in [1.82, 2.24) is 14.4 Å². The number of rotatable bonds is 4. The predicted octanol–water partition coefficient (Wildman–Crippen LogP) is 3.24. The summed E-state index contributed by atoms with van der Waals surface area (Å²) in [7, 11) is 0. The zero-order valence-corrected chi connectivity index (χ0v) is 12.7. The van der Waals surface area contributed by atoms with Crippen molar-refractivity contribution in [2.75, 3.05) is 5.32 Å². The van der Waals surface area contributed by atoms with E-state index in [9.17, 15) is 4.79 Å². The average molecular weight is 294 g/mol. The van der Waals surface area contributed by atoms with Crippen molar-refractivity contribution < 1.29 is 4.79 Å². The molecule has 1 amide bonds. The van der Waals surface area contributed by atoms with E-state index in [1.54, 1.807) is 6.20 Å². The van der Waals surface area contributed by atoms with E-state index in [1.807, 2.05) is 47.9 Å². The second kappa shape index (κ2) is 5.97. The number of nitrogens with zero attached hydrogens (tertiary/aromatic N) is 3. The molecule has 0 saturated heterocycles. The summed E-state index contributed by atoms with van der Waals surface area (Å²) in [6.45, 7) is 4.00. The molecule has 0 aliphatic heterocycles. The van der Waals surface area contributed by atoms with Gasteiger partial charge in [0.2, 0.25) is 0 Å². The maximum absolute atomic E-state index is 12.7. The summed E-state index contributed by atoms with van der Waals surface area (Å²) in [5, 5.41) is 2.89. The molecule has 1 N–H and O–H groups in total. The molecule has 3 aromatic rings. The maximum atomic E-state index is 12.7. The van der Waals surface area contributed by atoms with E-state index in [1.165, 1.54) is 0 Å². The van der Waals surface area contributed by atoms with Crippen molar-refractivity contribution in [3.8, 4) is 0 Å². The Bertz CT molecular complexity index is 822. The van der Waals surface area contributed by atoms with E-state index >= 15 is 0 Å². The van der Waals surface area contributed by atoms with Crippen molar-refractivity contribution in [2.24, 2.45) is 0 Å². The molecule has 0 spiro atoms. The van der Waals surface area contributed by atoms with Crippen LogP contribution in [0.4, 0.5) is 5.82 Å². The Morgan fingerprint density at radius 1 is 1.27 bits per heavy atom. The second-order valence-electron chi connectivity index (χ2n) is 5.21. The third-order valence-corrected chi connectivity index (χ3v) is 3.55. The molecule has 0 atom stereocenters. The quantitative estimate of drug-likeness (QED) is 0.803. The number of nitrogens with one attached hydrogen (secondary N) is 1. The van der Waals surface area contributed by atoms with Gasteiger partial charge in [0.15, 0.2) is 0 Å². The van der Waals surface area contributed by atoms with Gasteiger partial charge >= 0.3 is 0 Å². The number of hydrogen-bond donors (Lipinski definition) is 1. The lowest BCUT2D eigenvalue weighted by Crippen LogP contribution is -2.17. The number of pyridine rings is 2. The lowest BCUT2D eigenvalue weighted by atomic mass is 10.2. The molecule has 0 radical (unpaired) electrons. The van der Waals surface area contributed by atoms with Crippen LogP contribution in [0.1, 0.15) is 35.1 Å². The van der Waals surface area contributed by atoms with E-state index in [4.69, 9.17) is 0 Å². The number of anilines is 1. The fraction of sp³-hybridized carbons (Fsp3) is 0.235. The minimum atomic E-state index is -0.177. The van der Waals surface area contributed by atoms with Crippen LogP contribution in [0, 0.1) is 6.92 Å². The van der Waals surface area contributed by atoms with Crippen LogP contribution < -0.4 is 5.32 Å². The first kappa shape index (κ1) is 14.3. The lowest BCUT2D eigenvalue weighted by Gasteiger charge is -2.08. The number of fused-ring (bicyclic) bond motifs is 1. The van der Waals surface area contributed by atoms with Gasteiger partial charge in [-0.25, -0.2) is 9.97 Å². The molecule has 22 heavy (non-hydrogen) atoms. The van der Waals surface area contributed by atoms with Gasteiger partial charge in [-0.1, -0.05) is 25.5 Å². The van der Waals surface area contributed by atoms with Gasteiger partial charge in [0.1, 0.15) is 17.2 Å². The highest BCUT2D eigenvalue weighted by molar-refractivity contribution is 6.04. The molecule has 0 bridgehead atoms. The van der Waals surface area contributed by atoms with Crippen molar-refractivity contribution in [3.05, 3.63) is 59.7 Å². The summed E-state index contributed by atoms with van der Waals surface area (Å²) in [6.07, 6.45) is 5.24. The summed E-state index contributed by atoms with van der Waals surface area (Å²) < 4.78 is 1.83. The molecular weight excluding hydrogens is 276 g/mol. The van der Waals surface area contributed by atoms with Crippen molar-refractivity contribution in [3.63, 3.8) is 0 Å².